The third-order valence-corrected chi connectivity index (χ3v) is 5.18. The van der Waals surface area contributed by atoms with Crippen molar-refractivity contribution in [2.75, 3.05) is 0 Å². The number of aryl methyl sites for hydroxylation is 2. The van der Waals surface area contributed by atoms with Crippen LogP contribution in [-0.2, 0) is 6.54 Å². The third-order valence-electron chi connectivity index (χ3n) is 5.18. The van der Waals surface area contributed by atoms with E-state index in [1.807, 2.05) is 45.9 Å². The molecule has 0 unspecified atom stereocenters. The number of aromatic nitrogens is 5. The van der Waals surface area contributed by atoms with Gasteiger partial charge in [-0.15, -0.1) is 0 Å². The Hall–Kier alpha value is -3.81. The van der Waals surface area contributed by atoms with Gasteiger partial charge in [0.2, 0.25) is 0 Å². The van der Waals surface area contributed by atoms with Crippen LogP contribution in [0.15, 0.2) is 47.7 Å². The molecule has 0 spiro atoms. The van der Waals surface area contributed by atoms with Gasteiger partial charge < -0.3 is 10.3 Å². The highest BCUT2D eigenvalue weighted by molar-refractivity contribution is 6.06. The van der Waals surface area contributed by atoms with Crippen LogP contribution in [-0.4, -0.2) is 30.6 Å². The van der Waals surface area contributed by atoms with Crippen LogP contribution in [0.4, 0.5) is 0 Å². The summed E-state index contributed by atoms with van der Waals surface area (Å²) in [4.78, 5) is 37.2. The lowest BCUT2D eigenvalue weighted by atomic mass is 10.1. The van der Waals surface area contributed by atoms with Crippen LogP contribution in [0.25, 0.3) is 22.3 Å². The van der Waals surface area contributed by atoms with E-state index < -0.39 is 0 Å². The summed E-state index contributed by atoms with van der Waals surface area (Å²) in [7, 11) is 0. The molecule has 0 aliphatic rings. The summed E-state index contributed by atoms with van der Waals surface area (Å²) in [5.74, 6) is -0.291. The summed E-state index contributed by atoms with van der Waals surface area (Å²) in [5.41, 5.74) is 4.50. The van der Waals surface area contributed by atoms with Crippen molar-refractivity contribution in [1.82, 2.24) is 30.0 Å². The van der Waals surface area contributed by atoms with Gasteiger partial charge in [-0.05, 0) is 57.5 Å². The Labute approximate surface area is 179 Å². The van der Waals surface area contributed by atoms with Gasteiger partial charge in [0, 0.05) is 41.8 Å². The highest BCUT2D eigenvalue weighted by Gasteiger charge is 2.19. The lowest BCUT2D eigenvalue weighted by Gasteiger charge is -2.12. The van der Waals surface area contributed by atoms with Gasteiger partial charge in [0.05, 0.1) is 22.8 Å². The van der Waals surface area contributed by atoms with E-state index >= 15 is 0 Å². The van der Waals surface area contributed by atoms with Crippen molar-refractivity contribution >= 4 is 16.9 Å². The van der Waals surface area contributed by atoms with Crippen LogP contribution in [0.5, 0.6) is 0 Å². The zero-order valence-corrected chi connectivity index (χ0v) is 17.9. The van der Waals surface area contributed by atoms with Crippen molar-refractivity contribution in [2.24, 2.45) is 0 Å². The minimum Gasteiger partial charge on any atom is -0.348 e. The van der Waals surface area contributed by atoms with Crippen molar-refractivity contribution in [3.63, 3.8) is 0 Å². The van der Waals surface area contributed by atoms with E-state index in [0.717, 1.165) is 16.8 Å². The van der Waals surface area contributed by atoms with Crippen LogP contribution in [0.3, 0.4) is 0 Å². The Bertz CT molecular complexity index is 1320. The van der Waals surface area contributed by atoms with E-state index in [4.69, 9.17) is 4.98 Å². The van der Waals surface area contributed by atoms with E-state index in [9.17, 15) is 9.59 Å². The number of hydrogen-bond donors (Lipinski definition) is 2. The second kappa shape index (κ2) is 8.14. The molecule has 0 saturated carbocycles. The van der Waals surface area contributed by atoms with Crippen molar-refractivity contribution in [2.45, 2.75) is 40.3 Å². The molecule has 8 heteroatoms. The smallest absolute Gasteiger partial charge is 0.253 e. The molecule has 4 heterocycles. The molecule has 0 atom stereocenters. The fourth-order valence-electron chi connectivity index (χ4n) is 3.61. The first-order valence-electron chi connectivity index (χ1n) is 10.1. The van der Waals surface area contributed by atoms with Gasteiger partial charge in [0.25, 0.3) is 11.5 Å². The average Bonchev–Trinajstić information content (AvgIpc) is 3.17. The number of fused-ring (bicyclic) bond motifs is 1. The number of H-pyrrole nitrogens is 1. The molecule has 4 aromatic heterocycles. The zero-order chi connectivity index (χ0) is 22.1. The standard InChI is InChI=1S/C23H24N6O2/c1-13(2)29-21-19(12-26-29)17(9-20(28-21)16-6-5-7-24-10-16)22(30)25-11-18-14(3)8-15(4)27-23(18)31/h5-10,12-13H,11H2,1-4H3,(H,25,30)(H,27,31). The van der Waals surface area contributed by atoms with Crippen molar-refractivity contribution in [3.8, 4) is 11.3 Å². The minimum atomic E-state index is -0.291. The molecule has 4 aromatic rings. The van der Waals surface area contributed by atoms with Crippen LogP contribution >= 0.6 is 0 Å². The summed E-state index contributed by atoms with van der Waals surface area (Å²) in [5, 5.41) is 7.98. The number of nitrogens with one attached hydrogen (secondary N) is 2. The lowest BCUT2D eigenvalue weighted by molar-refractivity contribution is 0.0952. The Morgan fingerprint density at radius 2 is 2.03 bits per heavy atom. The lowest BCUT2D eigenvalue weighted by Crippen LogP contribution is -2.28. The average molecular weight is 416 g/mol. The summed E-state index contributed by atoms with van der Waals surface area (Å²) in [6, 6.07) is 7.44. The predicted molar refractivity (Wildman–Crippen MR) is 119 cm³/mol. The maximum absolute atomic E-state index is 13.2. The van der Waals surface area contributed by atoms with E-state index in [2.05, 4.69) is 20.4 Å². The van der Waals surface area contributed by atoms with Gasteiger partial charge in [0.1, 0.15) is 0 Å². The number of amides is 1. The molecule has 2 N–H and O–H groups in total. The first-order valence-corrected chi connectivity index (χ1v) is 10.1. The Kier molecular flexibility index (Phi) is 5.37. The summed E-state index contributed by atoms with van der Waals surface area (Å²) in [6.07, 6.45) is 5.06. The second-order valence-electron chi connectivity index (χ2n) is 7.84. The maximum atomic E-state index is 13.2. The molecular formula is C23H24N6O2. The quantitative estimate of drug-likeness (QED) is 0.519. The fourth-order valence-corrected chi connectivity index (χ4v) is 3.61. The van der Waals surface area contributed by atoms with E-state index in [1.165, 1.54) is 0 Å². The monoisotopic (exact) mass is 416 g/mol. The first kappa shape index (κ1) is 20.5. The number of carbonyl (C=O) groups is 1. The molecular weight excluding hydrogens is 392 g/mol. The number of pyridine rings is 3. The molecule has 158 valence electrons. The molecule has 0 radical (unpaired) electrons. The molecule has 4 rings (SSSR count). The third kappa shape index (κ3) is 3.96. The van der Waals surface area contributed by atoms with Gasteiger partial charge in [0.15, 0.2) is 5.65 Å². The van der Waals surface area contributed by atoms with E-state index in [1.54, 1.807) is 29.3 Å². The van der Waals surface area contributed by atoms with Gasteiger partial charge in [-0.3, -0.25) is 14.6 Å². The number of aromatic amines is 1. The molecule has 0 aliphatic carbocycles. The van der Waals surface area contributed by atoms with Crippen molar-refractivity contribution in [1.29, 1.82) is 0 Å². The van der Waals surface area contributed by atoms with Crippen LogP contribution in [0.2, 0.25) is 0 Å². The van der Waals surface area contributed by atoms with Crippen LogP contribution in [0.1, 0.15) is 47.1 Å². The molecule has 1 amide bonds. The first-order chi connectivity index (χ1) is 14.8. The molecule has 31 heavy (non-hydrogen) atoms. The van der Waals surface area contributed by atoms with E-state index in [-0.39, 0.29) is 24.1 Å². The fraction of sp³-hybridized carbons (Fsp3) is 0.261. The summed E-state index contributed by atoms with van der Waals surface area (Å²) in [6.45, 7) is 7.84. The highest BCUT2D eigenvalue weighted by Crippen LogP contribution is 2.26. The minimum absolute atomic E-state index is 0.0822. The van der Waals surface area contributed by atoms with Crippen LogP contribution < -0.4 is 10.9 Å². The van der Waals surface area contributed by atoms with Crippen molar-refractivity contribution < 1.29 is 4.79 Å². The highest BCUT2D eigenvalue weighted by atomic mass is 16.1. The van der Waals surface area contributed by atoms with Crippen LogP contribution in [0, 0.1) is 13.8 Å². The number of nitrogens with zero attached hydrogens (tertiary/aromatic N) is 4. The normalized spacial score (nSPS) is 11.3. The van der Waals surface area contributed by atoms with Gasteiger partial charge in [-0.1, -0.05) is 0 Å². The SMILES string of the molecule is Cc1cc(C)c(CNC(=O)c2cc(-c3cccnc3)nc3c2cnn3C(C)C)c(=O)[nH]1. The maximum Gasteiger partial charge on any atom is 0.253 e. The summed E-state index contributed by atoms with van der Waals surface area (Å²) >= 11 is 0. The Morgan fingerprint density at radius 1 is 1.23 bits per heavy atom. The largest absolute Gasteiger partial charge is 0.348 e. The molecule has 0 aromatic carbocycles. The predicted octanol–water partition coefficient (Wildman–Crippen LogP) is 3.31. The molecule has 0 saturated heterocycles. The van der Waals surface area contributed by atoms with Gasteiger partial charge >= 0.3 is 0 Å². The zero-order valence-electron chi connectivity index (χ0n) is 17.9. The molecule has 0 aliphatic heterocycles. The Morgan fingerprint density at radius 3 is 2.71 bits per heavy atom. The topological polar surface area (TPSA) is 106 Å². The molecule has 8 nitrogen and oxygen atoms in total. The van der Waals surface area contributed by atoms with Crippen molar-refractivity contribution in [3.05, 3.63) is 75.6 Å². The molecule has 0 fully saturated rings. The van der Waals surface area contributed by atoms with Gasteiger partial charge in [-0.25, -0.2) is 9.67 Å². The summed E-state index contributed by atoms with van der Waals surface area (Å²) < 4.78 is 1.79. The second-order valence-corrected chi connectivity index (χ2v) is 7.84. The number of rotatable bonds is 5. The number of hydrogen-bond acceptors (Lipinski definition) is 5. The number of carbonyl (C=O) groups excluding carboxylic acids is 1. The van der Waals surface area contributed by atoms with E-state index in [0.29, 0.717) is 27.9 Å². The molecule has 0 bridgehead atoms. The van der Waals surface area contributed by atoms with Gasteiger partial charge in [-0.2, -0.15) is 5.10 Å². The Balaban J connectivity index is 1.75.